The van der Waals surface area contributed by atoms with E-state index in [1.165, 1.54) is 12.3 Å². The first-order valence-corrected chi connectivity index (χ1v) is 4.41. The van der Waals surface area contributed by atoms with Gasteiger partial charge in [-0.15, -0.1) is 0 Å². The maximum atomic E-state index is 11.8. The highest BCUT2D eigenvalue weighted by molar-refractivity contribution is 5.41. The average molecular weight is 220 g/mol. The number of hydrogen-bond donors (Lipinski definition) is 1. The van der Waals surface area contributed by atoms with Crippen LogP contribution in [0.15, 0.2) is 18.3 Å². The fourth-order valence-electron chi connectivity index (χ4n) is 0.930. The molecule has 0 atom stereocenters. The quantitative estimate of drug-likeness (QED) is 0.846. The van der Waals surface area contributed by atoms with Crippen molar-refractivity contribution in [1.29, 1.82) is 0 Å². The van der Waals surface area contributed by atoms with Crippen LogP contribution in [0.25, 0.3) is 0 Å². The van der Waals surface area contributed by atoms with Gasteiger partial charge < -0.3 is 10.1 Å². The Morgan fingerprint density at radius 1 is 1.40 bits per heavy atom. The number of hydrogen-bond acceptors (Lipinski definition) is 3. The van der Waals surface area contributed by atoms with Crippen LogP contribution in [0.5, 0.6) is 5.88 Å². The van der Waals surface area contributed by atoms with Gasteiger partial charge in [-0.05, 0) is 13.0 Å². The van der Waals surface area contributed by atoms with Gasteiger partial charge in [0.15, 0.2) is 6.61 Å². The van der Waals surface area contributed by atoms with Gasteiger partial charge in [0.1, 0.15) is 0 Å². The first kappa shape index (κ1) is 11.6. The van der Waals surface area contributed by atoms with Crippen LogP contribution < -0.4 is 10.1 Å². The fraction of sp³-hybridized carbons (Fsp3) is 0.444. The Hall–Kier alpha value is -1.46. The van der Waals surface area contributed by atoms with Crippen LogP contribution in [-0.4, -0.2) is 24.3 Å². The highest BCUT2D eigenvalue weighted by atomic mass is 19.4. The molecule has 1 rings (SSSR count). The Bertz CT molecular complexity index is 297. The van der Waals surface area contributed by atoms with Crippen molar-refractivity contribution in [2.75, 3.05) is 18.5 Å². The Balaban J connectivity index is 2.50. The van der Waals surface area contributed by atoms with Gasteiger partial charge in [0.2, 0.25) is 5.88 Å². The van der Waals surface area contributed by atoms with E-state index in [4.69, 9.17) is 0 Å². The normalized spacial score (nSPS) is 11.2. The number of aromatic nitrogens is 1. The van der Waals surface area contributed by atoms with Crippen molar-refractivity contribution in [2.45, 2.75) is 13.1 Å². The summed E-state index contributed by atoms with van der Waals surface area (Å²) in [6, 6.07) is 3.01. The lowest BCUT2D eigenvalue weighted by molar-refractivity contribution is -0.154. The van der Waals surface area contributed by atoms with Crippen molar-refractivity contribution in [3.05, 3.63) is 18.3 Å². The van der Waals surface area contributed by atoms with Crippen LogP contribution in [0.4, 0.5) is 18.9 Å². The number of rotatable bonds is 4. The zero-order valence-corrected chi connectivity index (χ0v) is 8.14. The summed E-state index contributed by atoms with van der Waals surface area (Å²) < 4.78 is 39.8. The lowest BCUT2D eigenvalue weighted by Crippen LogP contribution is -2.19. The Morgan fingerprint density at radius 3 is 2.60 bits per heavy atom. The second-order valence-electron chi connectivity index (χ2n) is 2.82. The molecule has 0 unspecified atom stereocenters. The van der Waals surface area contributed by atoms with E-state index in [2.05, 4.69) is 15.0 Å². The third-order valence-corrected chi connectivity index (χ3v) is 1.50. The number of ether oxygens (including phenoxy) is 1. The fourth-order valence-corrected chi connectivity index (χ4v) is 0.930. The first-order chi connectivity index (χ1) is 7.01. The van der Waals surface area contributed by atoms with Crippen LogP contribution in [0.2, 0.25) is 0 Å². The van der Waals surface area contributed by atoms with Crippen molar-refractivity contribution >= 4 is 5.69 Å². The van der Waals surface area contributed by atoms with E-state index in [0.29, 0.717) is 0 Å². The van der Waals surface area contributed by atoms with E-state index in [1.54, 1.807) is 6.07 Å². The Labute approximate surface area is 85.3 Å². The summed E-state index contributed by atoms with van der Waals surface area (Å²) in [5, 5.41) is 2.97. The minimum atomic E-state index is -4.33. The number of halogens is 3. The molecule has 1 heterocycles. The molecule has 0 aliphatic rings. The van der Waals surface area contributed by atoms with E-state index < -0.39 is 12.8 Å². The van der Waals surface area contributed by atoms with E-state index in [0.717, 1.165) is 12.2 Å². The van der Waals surface area contributed by atoms with E-state index in [-0.39, 0.29) is 5.88 Å². The molecular weight excluding hydrogens is 209 g/mol. The summed E-state index contributed by atoms with van der Waals surface area (Å²) in [5.74, 6) is -0.0334. The minimum Gasteiger partial charge on any atom is -0.468 e. The topological polar surface area (TPSA) is 34.1 Å². The van der Waals surface area contributed by atoms with E-state index in [1.807, 2.05) is 6.92 Å². The molecule has 0 aromatic carbocycles. The number of nitrogens with one attached hydrogen (secondary N) is 1. The average Bonchev–Trinajstić information content (AvgIpc) is 2.16. The molecule has 0 fully saturated rings. The molecular formula is C9H11F3N2O. The summed E-state index contributed by atoms with van der Waals surface area (Å²) in [4.78, 5) is 3.72. The van der Waals surface area contributed by atoms with Crippen molar-refractivity contribution in [3.63, 3.8) is 0 Å². The maximum absolute atomic E-state index is 11.8. The highest BCUT2D eigenvalue weighted by Gasteiger charge is 2.28. The molecule has 0 spiro atoms. The van der Waals surface area contributed by atoms with Gasteiger partial charge in [-0.3, -0.25) is 0 Å². The maximum Gasteiger partial charge on any atom is 0.422 e. The monoisotopic (exact) mass is 220 g/mol. The molecule has 0 amide bonds. The standard InChI is InChI=1S/C9H11F3N2O/c1-2-13-7-3-4-8(14-5-7)15-6-9(10,11)12/h3-5,13H,2,6H2,1H3. The third kappa shape index (κ3) is 4.53. The SMILES string of the molecule is CCNc1ccc(OCC(F)(F)F)nc1. The van der Waals surface area contributed by atoms with Crippen molar-refractivity contribution < 1.29 is 17.9 Å². The Morgan fingerprint density at radius 2 is 2.13 bits per heavy atom. The van der Waals surface area contributed by atoms with Gasteiger partial charge in [-0.1, -0.05) is 0 Å². The van der Waals surface area contributed by atoms with Crippen LogP contribution in [-0.2, 0) is 0 Å². The van der Waals surface area contributed by atoms with E-state index >= 15 is 0 Å². The molecule has 0 radical (unpaired) electrons. The van der Waals surface area contributed by atoms with Gasteiger partial charge in [0.05, 0.1) is 11.9 Å². The highest BCUT2D eigenvalue weighted by Crippen LogP contribution is 2.17. The molecule has 15 heavy (non-hydrogen) atoms. The zero-order valence-electron chi connectivity index (χ0n) is 8.14. The minimum absolute atomic E-state index is 0.0334. The smallest absolute Gasteiger partial charge is 0.422 e. The van der Waals surface area contributed by atoms with Gasteiger partial charge in [0, 0.05) is 12.6 Å². The third-order valence-electron chi connectivity index (χ3n) is 1.50. The van der Waals surface area contributed by atoms with Crippen molar-refractivity contribution in [2.24, 2.45) is 0 Å². The summed E-state index contributed by atoms with van der Waals surface area (Å²) in [5.41, 5.74) is 0.747. The van der Waals surface area contributed by atoms with Gasteiger partial charge >= 0.3 is 6.18 Å². The largest absolute Gasteiger partial charge is 0.468 e. The second-order valence-corrected chi connectivity index (χ2v) is 2.82. The number of alkyl halides is 3. The molecule has 3 nitrogen and oxygen atoms in total. The zero-order chi connectivity index (χ0) is 11.3. The number of anilines is 1. The van der Waals surface area contributed by atoms with Crippen LogP contribution in [0, 0.1) is 0 Å². The van der Waals surface area contributed by atoms with Crippen molar-refractivity contribution in [3.8, 4) is 5.88 Å². The predicted molar refractivity (Wildman–Crippen MR) is 50.0 cm³/mol. The molecule has 1 aromatic heterocycles. The lowest BCUT2D eigenvalue weighted by atomic mass is 10.4. The number of nitrogens with zero attached hydrogens (tertiary/aromatic N) is 1. The molecule has 0 bridgehead atoms. The lowest BCUT2D eigenvalue weighted by Gasteiger charge is -2.08. The predicted octanol–water partition coefficient (Wildman–Crippen LogP) is 2.45. The molecule has 1 aromatic rings. The van der Waals surface area contributed by atoms with Crippen molar-refractivity contribution in [1.82, 2.24) is 4.98 Å². The summed E-state index contributed by atoms with van der Waals surface area (Å²) in [6.07, 6.45) is -2.91. The number of pyridine rings is 1. The molecule has 84 valence electrons. The second kappa shape index (κ2) is 4.86. The van der Waals surface area contributed by atoms with Gasteiger partial charge in [-0.25, -0.2) is 4.98 Å². The molecule has 6 heteroatoms. The molecule has 0 saturated carbocycles. The summed E-state index contributed by atoms with van der Waals surface area (Å²) >= 11 is 0. The van der Waals surface area contributed by atoms with Gasteiger partial charge in [0.25, 0.3) is 0 Å². The van der Waals surface area contributed by atoms with Gasteiger partial charge in [-0.2, -0.15) is 13.2 Å². The van der Waals surface area contributed by atoms with Crippen LogP contribution in [0.3, 0.4) is 0 Å². The summed E-state index contributed by atoms with van der Waals surface area (Å²) in [6.45, 7) is 1.32. The first-order valence-electron chi connectivity index (χ1n) is 4.41. The van der Waals surface area contributed by atoms with Crippen LogP contribution >= 0.6 is 0 Å². The molecule has 0 aliphatic heterocycles. The van der Waals surface area contributed by atoms with E-state index in [9.17, 15) is 13.2 Å². The molecule has 0 aliphatic carbocycles. The summed E-state index contributed by atoms with van der Waals surface area (Å²) in [7, 11) is 0. The molecule has 0 saturated heterocycles. The Kier molecular flexibility index (Phi) is 3.76. The molecule has 1 N–H and O–H groups in total. The van der Waals surface area contributed by atoms with Crippen LogP contribution in [0.1, 0.15) is 6.92 Å².